The molecule has 1 N–H and O–H groups in total. The molecule has 4 aromatic rings. The van der Waals surface area contributed by atoms with Crippen LogP contribution in [-0.2, 0) is 0 Å². The van der Waals surface area contributed by atoms with Gasteiger partial charge in [0.15, 0.2) is 5.58 Å². The fourth-order valence-corrected chi connectivity index (χ4v) is 3.11. The van der Waals surface area contributed by atoms with Gasteiger partial charge in [-0.2, -0.15) is 0 Å². The summed E-state index contributed by atoms with van der Waals surface area (Å²) in [4.78, 5) is 19.2. The van der Waals surface area contributed by atoms with Gasteiger partial charge in [-0.15, -0.1) is 0 Å². The maximum absolute atomic E-state index is 10.9. The Morgan fingerprint density at radius 3 is 2.72 bits per heavy atom. The Hall–Kier alpha value is -4.00. The number of oxazole rings is 1. The van der Waals surface area contributed by atoms with Crippen LogP contribution < -0.4 is 0 Å². The molecule has 0 bridgehead atoms. The lowest BCUT2D eigenvalue weighted by Gasteiger charge is -2.01. The number of rotatable bonds is 4. The molecular formula is C22H17N3O4. The minimum absolute atomic E-state index is 0.260. The summed E-state index contributed by atoms with van der Waals surface area (Å²) >= 11 is 0. The first-order valence-electron chi connectivity index (χ1n) is 8.91. The van der Waals surface area contributed by atoms with E-state index < -0.39 is 10.7 Å². The fourth-order valence-electron chi connectivity index (χ4n) is 3.11. The number of fused-ring (bicyclic) bond motifs is 1. The first kappa shape index (κ1) is 18.4. The fraction of sp³-hybridized carbons (Fsp3) is 0.0909. The van der Waals surface area contributed by atoms with Gasteiger partial charge in [0.25, 0.3) is 0 Å². The lowest BCUT2D eigenvalue weighted by molar-refractivity contribution is -0.385. The van der Waals surface area contributed by atoms with Gasteiger partial charge in [0.05, 0.1) is 10.6 Å². The Kier molecular flexibility index (Phi) is 4.56. The van der Waals surface area contributed by atoms with Crippen LogP contribution in [0.25, 0.3) is 22.6 Å². The van der Waals surface area contributed by atoms with Crippen molar-refractivity contribution in [2.45, 2.75) is 13.8 Å². The summed E-state index contributed by atoms with van der Waals surface area (Å²) in [6.45, 7) is 4.05. The molecule has 1 aromatic heterocycles. The molecule has 3 aromatic carbocycles. The highest BCUT2D eigenvalue weighted by molar-refractivity contribution is 5.88. The summed E-state index contributed by atoms with van der Waals surface area (Å²) in [6.07, 6.45) is 1.38. The molecule has 0 amide bonds. The zero-order valence-electron chi connectivity index (χ0n) is 15.8. The van der Waals surface area contributed by atoms with Gasteiger partial charge in [0.2, 0.25) is 11.6 Å². The van der Waals surface area contributed by atoms with Crippen molar-refractivity contribution in [1.82, 2.24) is 4.98 Å². The van der Waals surface area contributed by atoms with Crippen LogP contribution in [-0.4, -0.2) is 21.2 Å². The highest BCUT2D eigenvalue weighted by atomic mass is 16.6. The summed E-state index contributed by atoms with van der Waals surface area (Å²) in [5.41, 5.74) is 4.95. The number of phenolic OH excluding ortho intramolecular Hbond substituents is 1. The second-order valence-electron chi connectivity index (χ2n) is 6.72. The third kappa shape index (κ3) is 3.58. The second kappa shape index (κ2) is 7.20. The van der Waals surface area contributed by atoms with E-state index in [0.717, 1.165) is 11.1 Å². The molecular weight excluding hydrogens is 370 g/mol. The molecule has 0 atom stereocenters. The quantitative estimate of drug-likeness (QED) is 0.284. The molecule has 0 aliphatic rings. The first-order valence-corrected chi connectivity index (χ1v) is 8.91. The van der Waals surface area contributed by atoms with Crippen molar-refractivity contribution in [2.75, 3.05) is 0 Å². The van der Waals surface area contributed by atoms with Gasteiger partial charge in [-0.1, -0.05) is 23.8 Å². The molecule has 144 valence electrons. The second-order valence-corrected chi connectivity index (χ2v) is 6.72. The Bertz CT molecular complexity index is 1270. The number of nitro benzene ring substituents is 1. The number of nitro groups is 1. The van der Waals surface area contributed by atoms with E-state index in [1.54, 1.807) is 24.3 Å². The minimum atomic E-state index is -0.636. The van der Waals surface area contributed by atoms with Crippen molar-refractivity contribution < 1.29 is 14.4 Å². The lowest BCUT2D eigenvalue weighted by Crippen LogP contribution is -1.91. The van der Waals surface area contributed by atoms with Crippen LogP contribution in [0, 0.1) is 24.0 Å². The van der Waals surface area contributed by atoms with E-state index in [9.17, 15) is 15.2 Å². The molecule has 0 spiro atoms. The van der Waals surface area contributed by atoms with E-state index in [-0.39, 0.29) is 11.3 Å². The summed E-state index contributed by atoms with van der Waals surface area (Å²) in [7, 11) is 0. The molecule has 0 unspecified atom stereocenters. The molecule has 7 nitrogen and oxygen atoms in total. The zero-order chi connectivity index (χ0) is 20.5. The number of para-hydroxylation sites is 1. The monoisotopic (exact) mass is 387 g/mol. The van der Waals surface area contributed by atoms with Crippen molar-refractivity contribution in [1.29, 1.82) is 0 Å². The topological polar surface area (TPSA) is 102 Å². The molecule has 0 aliphatic heterocycles. The standard InChI is InChI=1S/C22H17N3O4/c1-13-6-8-17(14(2)10-13)22-24-18-11-16(7-9-20(18)29-22)23-12-15-4-3-5-19(21(15)26)25(27)28/h3-12,26H,1-2H3. The molecule has 29 heavy (non-hydrogen) atoms. The van der Waals surface area contributed by atoms with Crippen LogP contribution in [0.1, 0.15) is 16.7 Å². The van der Waals surface area contributed by atoms with Crippen molar-refractivity contribution in [3.8, 4) is 17.2 Å². The number of aromatic nitrogens is 1. The number of phenols is 1. The van der Waals surface area contributed by atoms with Crippen LogP contribution in [0.2, 0.25) is 0 Å². The number of aromatic hydroxyl groups is 1. The molecule has 0 saturated carbocycles. The smallest absolute Gasteiger partial charge is 0.311 e. The average Bonchev–Trinajstić information content (AvgIpc) is 3.09. The van der Waals surface area contributed by atoms with E-state index in [1.165, 1.54) is 23.9 Å². The van der Waals surface area contributed by atoms with Gasteiger partial charge < -0.3 is 9.52 Å². The van der Waals surface area contributed by atoms with E-state index >= 15 is 0 Å². The van der Waals surface area contributed by atoms with Crippen molar-refractivity contribution in [2.24, 2.45) is 4.99 Å². The first-order chi connectivity index (χ1) is 13.9. The Balaban J connectivity index is 1.67. The summed E-state index contributed by atoms with van der Waals surface area (Å²) in [5, 5.41) is 21.0. The lowest BCUT2D eigenvalue weighted by atomic mass is 10.1. The molecule has 4 rings (SSSR count). The van der Waals surface area contributed by atoms with E-state index in [0.29, 0.717) is 22.7 Å². The van der Waals surface area contributed by atoms with Crippen LogP contribution >= 0.6 is 0 Å². The van der Waals surface area contributed by atoms with Gasteiger partial charge in [-0.3, -0.25) is 15.1 Å². The number of nitrogens with zero attached hydrogens (tertiary/aromatic N) is 3. The molecule has 0 saturated heterocycles. The third-order valence-electron chi connectivity index (χ3n) is 4.58. The molecule has 0 aliphatic carbocycles. The number of hydrogen-bond acceptors (Lipinski definition) is 6. The van der Waals surface area contributed by atoms with Gasteiger partial charge >= 0.3 is 5.69 Å². The average molecular weight is 387 g/mol. The maximum Gasteiger partial charge on any atom is 0.311 e. The minimum Gasteiger partial charge on any atom is -0.502 e. The van der Waals surface area contributed by atoms with E-state index in [2.05, 4.69) is 16.0 Å². The summed E-state index contributed by atoms with van der Waals surface area (Å²) in [6, 6.07) is 15.7. The summed E-state index contributed by atoms with van der Waals surface area (Å²) < 4.78 is 5.88. The number of aliphatic imine (C=N–C) groups is 1. The molecule has 0 fully saturated rings. The van der Waals surface area contributed by atoms with Crippen molar-refractivity contribution >= 4 is 28.7 Å². The largest absolute Gasteiger partial charge is 0.502 e. The van der Waals surface area contributed by atoms with Crippen LogP contribution in [0.3, 0.4) is 0 Å². The molecule has 0 radical (unpaired) electrons. The predicted octanol–water partition coefficient (Wildman–Crippen LogP) is 5.48. The van der Waals surface area contributed by atoms with Gasteiger partial charge in [-0.05, 0) is 49.7 Å². The highest BCUT2D eigenvalue weighted by Gasteiger charge is 2.15. The molecule has 1 heterocycles. The highest BCUT2D eigenvalue weighted by Crippen LogP contribution is 2.31. The normalized spacial score (nSPS) is 11.4. The van der Waals surface area contributed by atoms with Gasteiger partial charge in [-0.25, -0.2) is 4.98 Å². The summed E-state index contributed by atoms with van der Waals surface area (Å²) in [5.74, 6) is 0.121. The van der Waals surface area contributed by atoms with Gasteiger partial charge in [0, 0.05) is 23.4 Å². The van der Waals surface area contributed by atoms with Gasteiger partial charge in [0.1, 0.15) is 5.52 Å². The number of benzene rings is 3. The van der Waals surface area contributed by atoms with E-state index in [4.69, 9.17) is 4.42 Å². The maximum atomic E-state index is 10.9. The molecule has 7 heteroatoms. The Morgan fingerprint density at radius 1 is 1.14 bits per heavy atom. The predicted molar refractivity (Wildman–Crippen MR) is 111 cm³/mol. The SMILES string of the molecule is Cc1ccc(-c2nc3cc(N=Cc4cccc([N+](=O)[O-])c4O)ccc3o2)c(C)c1. The number of aryl methyl sites for hydroxylation is 2. The number of hydrogen-bond donors (Lipinski definition) is 1. The van der Waals surface area contributed by atoms with Crippen LogP contribution in [0.5, 0.6) is 5.75 Å². The third-order valence-corrected chi connectivity index (χ3v) is 4.58. The van der Waals surface area contributed by atoms with E-state index in [1.807, 2.05) is 26.0 Å². The van der Waals surface area contributed by atoms with Crippen molar-refractivity contribution in [3.05, 3.63) is 81.4 Å². The van der Waals surface area contributed by atoms with Crippen LogP contribution in [0.4, 0.5) is 11.4 Å². The van der Waals surface area contributed by atoms with Crippen LogP contribution in [0.15, 0.2) is 64.0 Å². The Labute approximate surface area is 166 Å². The zero-order valence-corrected chi connectivity index (χ0v) is 15.8. The van der Waals surface area contributed by atoms with Crippen molar-refractivity contribution in [3.63, 3.8) is 0 Å². The Morgan fingerprint density at radius 2 is 1.97 bits per heavy atom.